The quantitative estimate of drug-likeness (QED) is 0.687. The Balaban J connectivity index is 1.98. The number of halogens is 1. The summed E-state index contributed by atoms with van der Waals surface area (Å²) in [4.78, 5) is 11.6. The van der Waals surface area contributed by atoms with Crippen molar-refractivity contribution in [1.29, 1.82) is 0 Å². The molecule has 0 N–H and O–H groups in total. The average Bonchev–Trinajstić information content (AvgIpc) is 2.96. The summed E-state index contributed by atoms with van der Waals surface area (Å²) in [6.07, 6.45) is 1.72. The number of hydrogen-bond donors (Lipinski definition) is 0. The van der Waals surface area contributed by atoms with Crippen molar-refractivity contribution in [1.82, 2.24) is 9.78 Å². The lowest BCUT2D eigenvalue weighted by Gasteiger charge is -2.10. The number of methoxy groups -OCH3 is 2. The molecule has 2 aromatic carbocycles. The van der Waals surface area contributed by atoms with E-state index in [1.165, 1.54) is 7.11 Å². The molecule has 0 saturated carbocycles. The van der Waals surface area contributed by atoms with Gasteiger partial charge in [0.1, 0.15) is 5.75 Å². The highest BCUT2D eigenvalue weighted by atomic mass is 35.5. The average molecular weight is 331 g/mol. The Kier molecular flexibility index (Phi) is 4.21. The molecule has 0 radical (unpaired) electrons. The van der Waals surface area contributed by atoms with E-state index in [0.29, 0.717) is 17.1 Å². The molecule has 3 aromatic rings. The number of benzene rings is 2. The summed E-state index contributed by atoms with van der Waals surface area (Å²) >= 11 is 6.07. The predicted octanol–water partition coefficient (Wildman–Crippen LogP) is 3.53. The van der Waals surface area contributed by atoms with E-state index in [1.807, 2.05) is 22.9 Å². The van der Waals surface area contributed by atoms with Crippen molar-refractivity contribution in [3.63, 3.8) is 0 Å². The summed E-state index contributed by atoms with van der Waals surface area (Å²) in [5, 5.41) is 5.90. The molecule has 3 rings (SSSR count). The lowest BCUT2D eigenvalue weighted by atomic mass is 10.1. The largest absolute Gasteiger partial charge is 0.496 e. The number of nitrogens with zero attached hydrogens (tertiary/aromatic N) is 2. The van der Waals surface area contributed by atoms with Crippen LogP contribution in [0.15, 0.2) is 42.6 Å². The second kappa shape index (κ2) is 6.30. The van der Waals surface area contributed by atoms with Crippen LogP contribution in [0.2, 0.25) is 5.02 Å². The highest BCUT2D eigenvalue weighted by Crippen LogP contribution is 2.25. The van der Waals surface area contributed by atoms with Crippen LogP contribution in [0.3, 0.4) is 0 Å². The van der Waals surface area contributed by atoms with Gasteiger partial charge in [-0.25, -0.2) is 4.79 Å². The first-order valence-corrected chi connectivity index (χ1v) is 7.36. The molecule has 0 amide bonds. The lowest BCUT2D eigenvalue weighted by Crippen LogP contribution is -2.04. The van der Waals surface area contributed by atoms with E-state index < -0.39 is 0 Å². The normalized spacial score (nSPS) is 10.7. The first-order chi connectivity index (χ1) is 11.1. The van der Waals surface area contributed by atoms with Crippen LogP contribution in [0.4, 0.5) is 0 Å². The molecule has 0 unspecified atom stereocenters. The van der Waals surface area contributed by atoms with Gasteiger partial charge in [0.2, 0.25) is 0 Å². The van der Waals surface area contributed by atoms with Crippen molar-refractivity contribution < 1.29 is 14.3 Å². The molecule has 1 heterocycles. The molecular formula is C17H15ClN2O3. The minimum atomic E-state index is -0.365. The van der Waals surface area contributed by atoms with Gasteiger partial charge in [0, 0.05) is 16.0 Å². The number of carbonyl (C=O) groups excluding carboxylic acids is 1. The fraction of sp³-hybridized carbons (Fsp3) is 0.176. The van der Waals surface area contributed by atoms with E-state index >= 15 is 0 Å². The Morgan fingerprint density at radius 3 is 2.78 bits per heavy atom. The number of esters is 1. The van der Waals surface area contributed by atoms with Crippen molar-refractivity contribution >= 4 is 28.5 Å². The standard InChI is InChI=1S/C17H15ClN2O3/c1-22-16-6-4-14(18)8-13(16)10-20-15-5-3-11(17(21)23-2)7-12(15)9-19-20/h3-9H,10H2,1-2H3. The van der Waals surface area contributed by atoms with Crippen LogP contribution in [-0.4, -0.2) is 30.0 Å². The Morgan fingerprint density at radius 1 is 1.22 bits per heavy atom. The van der Waals surface area contributed by atoms with Crippen LogP contribution >= 0.6 is 11.6 Å². The van der Waals surface area contributed by atoms with E-state index in [9.17, 15) is 4.79 Å². The number of rotatable bonds is 4. The molecule has 0 fully saturated rings. The maximum absolute atomic E-state index is 11.6. The maximum atomic E-state index is 11.6. The molecule has 0 saturated heterocycles. The summed E-state index contributed by atoms with van der Waals surface area (Å²) in [5.74, 6) is 0.389. The molecule has 1 aromatic heterocycles. The fourth-order valence-electron chi connectivity index (χ4n) is 2.49. The van der Waals surface area contributed by atoms with E-state index in [2.05, 4.69) is 5.10 Å². The van der Waals surface area contributed by atoms with Crippen molar-refractivity contribution in [3.8, 4) is 5.75 Å². The van der Waals surface area contributed by atoms with Gasteiger partial charge >= 0.3 is 5.97 Å². The summed E-state index contributed by atoms with van der Waals surface area (Å²) in [6, 6.07) is 10.8. The van der Waals surface area contributed by atoms with Crippen molar-refractivity contribution in [2.45, 2.75) is 6.54 Å². The first kappa shape index (κ1) is 15.4. The summed E-state index contributed by atoms with van der Waals surface area (Å²) in [7, 11) is 2.98. The zero-order valence-electron chi connectivity index (χ0n) is 12.7. The maximum Gasteiger partial charge on any atom is 0.337 e. The van der Waals surface area contributed by atoms with E-state index in [-0.39, 0.29) is 5.97 Å². The molecule has 0 aliphatic heterocycles. The SMILES string of the molecule is COC(=O)c1ccc2c(cnn2Cc2cc(Cl)ccc2OC)c1. The number of carbonyl (C=O) groups is 1. The van der Waals surface area contributed by atoms with Gasteiger partial charge in [-0.15, -0.1) is 0 Å². The van der Waals surface area contributed by atoms with Gasteiger partial charge in [-0.1, -0.05) is 11.6 Å². The van der Waals surface area contributed by atoms with E-state index in [1.54, 1.807) is 31.5 Å². The predicted molar refractivity (Wildman–Crippen MR) is 88.2 cm³/mol. The number of aromatic nitrogens is 2. The Hall–Kier alpha value is -2.53. The van der Waals surface area contributed by atoms with Gasteiger partial charge in [-0.2, -0.15) is 5.10 Å². The van der Waals surface area contributed by atoms with Crippen LogP contribution in [0, 0.1) is 0 Å². The molecule has 0 bridgehead atoms. The molecule has 118 valence electrons. The van der Waals surface area contributed by atoms with Gasteiger partial charge < -0.3 is 9.47 Å². The Morgan fingerprint density at radius 2 is 2.04 bits per heavy atom. The minimum Gasteiger partial charge on any atom is -0.496 e. The smallest absolute Gasteiger partial charge is 0.337 e. The van der Waals surface area contributed by atoms with Crippen molar-refractivity contribution in [2.24, 2.45) is 0 Å². The molecule has 5 nitrogen and oxygen atoms in total. The molecule has 0 atom stereocenters. The van der Waals surface area contributed by atoms with Gasteiger partial charge in [-0.05, 0) is 36.4 Å². The number of hydrogen-bond acceptors (Lipinski definition) is 4. The highest BCUT2D eigenvalue weighted by Gasteiger charge is 2.11. The fourth-order valence-corrected chi connectivity index (χ4v) is 2.68. The molecule has 6 heteroatoms. The van der Waals surface area contributed by atoms with Crippen molar-refractivity contribution in [3.05, 3.63) is 58.7 Å². The van der Waals surface area contributed by atoms with Gasteiger partial charge in [0.05, 0.1) is 38.0 Å². The molecule has 0 aliphatic rings. The third kappa shape index (κ3) is 3.00. The van der Waals surface area contributed by atoms with Crippen LogP contribution in [-0.2, 0) is 11.3 Å². The summed E-state index contributed by atoms with van der Waals surface area (Å²) in [6.45, 7) is 0.519. The first-order valence-electron chi connectivity index (χ1n) is 6.98. The topological polar surface area (TPSA) is 53.3 Å². The Labute approximate surface area is 138 Å². The molecular weight excluding hydrogens is 316 g/mol. The van der Waals surface area contributed by atoms with Gasteiger partial charge in [0.15, 0.2) is 0 Å². The van der Waals surface area contributed by atoms with Crippen LogP contribution < -0.4 is 4.74 Å². The summed E-state index contributed by atoms with van der Waals surface area (Å²) < 4.78 is 11.9. The van der Waals surface area contributed by atoms with Crippen LogP contribution in [0.25, 0.3) is 10.9 Å². The van der Waals surface area contributed by atoms with Crippen LogP contribution in [0.1, 0.15) is 15.9 Å². The molecule has 23 heavy (non-hydrogen) atoms. The molecule has 0 spiro atoms. The van der Waals surface area contributed by atoms with Gasteiger partial charge in [-0.3, -0.25) is 4.68 Å². The zero-order valence-corrected chi connectivity index (χ0v) is 13.5. The van der Waals surface area contributed by atoms with E-state index in [0.717, 1.165) is 22.2 Å². The highest BCUT2D eigenvalue weighted by molar-refractivity contribution is 6.30. The van der Waals surface area contributed by atoms with Gasteiger partial charge in [0.25, 0.3) is 0 Å². The molecule has 0 aliphatic carbocycles. The minimum absolute atomic E-state index is 0.365. The lowest BCUT2D eigenvalue weighted by molar-refractivity contribution is 0.0601. The van der Waals surface area contributed by atoms with Crippen LogP contribution in [0.5, 0.6) is 5.75 Å². The Bertz CT molecular complexity index is 873. The monoisotopic (exact) mass is 330 g/mol. The second-order valence-corrected chi connectivity index (χ2v) is 5.46. The van der Waals surface area contributed by atoms with Crippen molar-refractivity contribution in [2.75, 3.05) is 14.2 Å². The summed E-state index contributed by atoms with van der Waals surface area (Å²) in [5.41, 5.74) is 2.35. The number of fused-ring (bicyclic) bond motifs is 1. The number of ether oxygens (including phenoxy) is 2. The van der Waals surface area contributed by atoms with E-state index in [4.69, 9.17) is 21.1 Å². The third-order valence-corrected chi connectivity index (χ3v) is 3.86. The zero-order chi connectivity index (χ0) is 16.4. The second-order valence-electron chi connectivity index (χ2n) is 5.02. The third-order valence-electron chi connectivity index (χ3n) is 3.63.